The van der Waals surface area contributed by atoms with Crippen LogP contribution in [-0.2, 0) is 17.7 Å². The third-order valence-electron chi connectivity index (χ3n) is 4.71. The average molecular weight is 381 g/mol. The normalized spacial score (nSPS) is 12.6. The molecule has 0 atom stereocenters. The van der Waals surface area contributed by atoms with E-state index in [2.05, 4.69) is 15.0 Å². The number of halogens is 1. The summed E-state index contributed by atoms with van der Waals surface area (Å²) in [6, 6.07) is 8.10. The van der Waals surface area contributed by atoms with Crippen LogP contribution >= 0.6 is 0 Å². The van der Waals surface area contributed by atoms with Gasteiger partial charge in [0.15, 0.2) is 0 Å². The van der Waals surface area contributed by atoms with Crippen LogP contribution in [0.25, 0.3) is 10.9 Å². The summed E-state index contributed by atoms with van der Waals surface area (Å²) in [4.78, 5) is 41.2. The Morgan fingerprint density at radius 3 is 2.75 bits per heavy atom. The van der Waals surface area contributed by atoms with Crippen molar-refractivity contribution in [1.29, 1.82) is 0 Å². The highest BCUT2D eigenvalue weighted by Crippen LogP contribution is 2.20. The standard InChI is InChI=1S/C20H16FN3O4/c1-28-20(27)12-5-7-14(21)16(10-12)23-18(25)11-4-6-13-15(9-11)22-17-3-2-8-24(17)19(13)26/h4-7,9-10H,2-3,8H2,1H3,(H,23,25). The van der Waals surface area contributed by atoms with Gasteiger partial charge in [-0.1, -0.05) is 0 Å². The van der Waals surface area contributed by atoms with E-state index in [1.807, 2.05) is 0 Å². The van der Waals surface area contributed by atoms with E-state index in [-0.39, 0.29) is 22.4 Å². The second-order valence-corrected chi connectivity index (χ2v) is 6.46. The quantitative estimate of drug-likeness (QED) is 0.704. The van der Waals surface area contributed by atoms with E-state index in [1.165, 1.54) is 31.4 Å². The minimum atomic E-state index is -0.684. The van der Waals surface area contributed by atoms with Gasteiger partial charge in [-0.15, -0.1) is 0 Å². The molecule has 0 saturated heterocycles. The zero-order valence-corrected chi connectivity index (χ0v) is 15.0. The van der Waals surface area contributed by atoms with Crippen molar-refractivity contribution in [2.75, 3.05) is 12.4 Å². The van der Waals surface area contributed by atoms with E-state index in [0.717, 1.165) is 12.5 Å². The number of amides is 1. The van der Waals surface area contributed by atoms with E-state index >= 15 is 0 Å². The largest absolute Gasteiger partial charge is 0.465 e. The Hall–Kier alpha value is -3.55. The van der Waals surface area contributed by atoms with Crippen molar-refractivity contribution < 1.29 is 18.7 Å². The zero-order valence-electron chi connectivity index (χ0n) is 15.0. The molecule has 2 heterocycles. The first kappa shape index (κ1) is 17.8. The van der Waals surface area contributed by atoms with E-state index < -0.39 is 17.7 Å². The molecule has 3 aromatic rings. The van der Waals surface area contributed by atoms with E-state index in [1.54, 1.807) is 10.6 Å². The highest BCUT2D eigenvalue weighted by atomic mass is 19.1. The van der Waals surface area contributed by atoms with Crippen LogP contribution in [0.1, 0.15) is 33.0 Å². The Bertz CT molecular complexity index is 1190. The van der Waals surface area contributed by atoms with Gasteiger partial charge in [-0.2, -0.15) is 0 Å². The van der Waals surface area contributed by atoms with Gasteiger partial charge in [0.1, 0.15) is 11.6 Å². The maximum Gasteiger partial charge on any atom is 0.337 e. The number of fused-ring (bicyclic) bond motifs is 2. The van der Waals surface area contributed by atoms with Crippen molar-refractivity contribution in [3.63, 3.8) is 0 Å². The second-order valence-electron chi connectivity index (χ2n) is 6.46. The average Bonchev–Trinajstić information content (AvgIpc) is 3.17. The molecule has 7 nitrogen and oxygen atoms in total. The molecule has 142 valence electrons. The minimum absolute atomic E-state index is 0.114. The van der Waals surface area contributed by atoms with Crippen LogP contribution in [0.15, 0.2) is 41.2 Å². The molecular formula is C20H16FN3O4. The predicted octanol–water partition coefficient (Wildman–Crippen LogP) is 2.52. The highest BCUT2D eigenvalue weighted by Gasteiger charge is 2.18. The fourth-order valence-corrected chi connectivity index (χ4v) is 3.29. The number of rotatable bonds is 3. The van der Waals surface area contributed by atoms with Crippen LogP contribution in [0, 0.1) is 5.82 Å². The third-order valence-corrected chi connectivity index (χ3v) is 4.71. The molecule has 1 N–H and O–H groups in total. The number of carbonyl (C=O) groups excluding carboxylic acids is 2. The maximum atomic E-state index is 14.0. The lowest BCUT2D eigenvalue weighted by Gasteiger charge is -2.09. The summed E-state index contributed by atoms with van der Waals surface area (Å²) >= 11 is 0. The van der Waals surface area contributed by atoms with Gasteiger partial charge in [0.05, 0.1) is 29.3 Å². The van der Waals surface area contributed by atoms with Gasteiger partial charge in [0.25, 0.3) is 11.5 Å². The van der Waals surface area contributed by atoms with Crippen LogP contribution in [0.5, 0.6) is 0 Å². The first-order valence-electron chi connectivity index (χ1n) is 8.70. The van der Waals surface area contributed by atoms with Gasteiger partial charge in [0.2, 0.25) is 0 Å². The van der Waals surface area contributed by atoms with Gasteiger partial charge in [-0.3, -0.25) is 14.2 Å². The number of nitrogens with zero attached hydrogens (tertiary/aromatic N) is 2. The number of hydrogen-bond donors (Lipinski definition) is 1. The zero-order chi connectivity index (χ0) is 19.8. The van der Waals surface area contributed by atoms with Crippen LogP contribution in [0.4, 0.5) is 10.1 Å². The number of aromatic nitrogens is 2. The van der Waals surface area contributed by atoms with Gasteiger partial charge in [-0.25, -0.2) is 14.2 Å². The van der Waals surface area contributed by atoms with Crippen molar-refractivity contribution in [1.82, 2.24) is 9.55 Å². The number of benzene rings is 2. The van der Waals surface area contributed by atoms with Crippen LogP contribution in [-0.4, -0.2) is 28.5 Å². The lowest BCUT2D eigenvalue weighted by molar-refractivity contribution is 0.0600. The van der Waals surface area contributed by atoms with Crippen molar-refractivity contribution in [2.45, 2.75) is 19.4 Å². The number of hydrogen-bond acceptors (Lipinski definition) is 5. The molecule has 1 aliphatic rings. The van der Waals surface area contributed by atoms with E-state index in [4.69, 9.17) is 0 Å². The first-order chi connectivity index (χ1) is 13.5. The molecule has 1 aromatic heterocycles. The summed E-state index contributed by atoms with van der Waals surface area (Å²) in [5.74, 6) is -1.20. The molecule has 0 unspecified atom stereocenters. The summed E-state index contributed by atoms with van der Waals surface area (Å²) in [5, 5.41) is 2.88. The Morgan fingerprint density at radius 1 is 1.18 bits per heavy atom. The van der Waals surface area contributed by atoms with Crippen LogP contribution in [0.3, 0.4) is 0 Å². The topological polar surface area (TPSA) is 90.3 Å². The molecule has 0 bridgehead atoms. The fraction of sp³-hybridized carbons (Fsp3) is 0.200. The Morgan fingerprint density at radius 2 is 1.96 bits per heavy atom. The number of methoxy groups -OCH3 is 1. The Balaban J connectivity index is 1.67. The summed E-state index contributed by atoms with van der Waals surface area (Å²) < 4.78 is 20.3. The smallest absolute Gasteiger partial charge is 0.337 e. The minimum Gasteiger partial charge on any atom is -0.465 e. The van der Waals surface area contributed by atoms with Gasteiger partial charge < -0.3 is 10.1 Å². The van der Waals surface area contributed by atoms with Crippen LogP contribution < -0.4 is 10.9 Å². The summed E-state index contributed by atoms with van der Waals surface area (Å²) in [5.41, 5.74) is 0.499. The summed E-state index contributed by atoms with van der Waals surface area (Å²) in [7, 11) is 1.21. The molecule has 0 spiro atoms. The molecule has 2 aromatic carbocycles. The molecule has 0 radical (unpaired) electrons. The third kappa shape index (κ3) is 3.02. The molecule has 0 saturated carbocycles. The first-order valence-corrected chi connectivity index (χ1v) is 8.70. The highest BCUT2D eigenvalue weighted by molar-refractivity contribution is 6.06. The van der Waals surface area contributed by atoms with Gasteiger partial charge >= 0.3 is 5.97 Å². The number of carbonyl (C=O) groups is 2. The molecular weight excluding hydrogens is 365 g/mol. The molecule has 0 fully saturated rings. The summed E-state index contributed by atoms with van der Waals surface area (Å²) in [6.45, 7) is 0.648. The monoisotopic (exact) mass is 381 g/mol. The lowest BCUT2D eigenvalue weighted by atomic mass is 10.1. The molecule has 8 heteroatoms. The van der Waals surface area contributed by atoms with Crippen molar-refractivity contribution in [2.24, 2.45) is 0 Å². The van der Waals surface area contributed by atoms with Crippen molar-refractivity contribution >= 4 is 28.5 Å². The van der Waals surface area contributed by atoms with Gasteiger partial charge in [0, 0.05) is 18.5 Å². The number of ether oxygens (including phenoxy) is 1. The van der Waals surface area contributed by atoms with Crippen molar-refractivity contribution in [3.8, 4) is 0 Å². The Labute approximate surface area is 158 Å². The molecule has 28 heavy (non-hydrogen) atoms. The Kier molecular flexibility index (Phi) is 4.38. The lowest BCUT2D eigenvalue weighted by Crippen LogP contribution is -2.21. The molecule has 1 amide bonds. The summed E-state index contributed by atoms with van der Waals surface area (Å²) in [6.07, 6.45) is 1.58. The number of esters is 1. The van der Waals surface area contributed by atoms with Gasteiger partial charge in [-0.05, 0) is 42.8 Å². The number of anilines is 1. The van der Waals surface area contributed by atoms with Crippen molar-refractivity contribution in [3.05, 3.63) is 69.5 Å². The number of nitrogens with one attached hydrogen (secondary N) is 1. The maximum absolute atomic E-state index is 14.0. The second kappa shape index (κ2) is 6.88. The van der Waals surface area contributed by atoms with Crippen LogP contribution in [0.2, 0.25) is 0 Å². The predicted molar refractivity (Wildman–Crippen MR) is 100 cm³/mol. The molecule has 4 rings (SSSR count). The molecule has 0 aliphatic carbocycles. The molecule has 1 aliphatic heterocycles. The SMILES string of the molecule is COC(=O)c1ccc(F)c(NC(=O)c2ccc3c(=O)n4c(nc3c2)CCC4)c1. The fourth-order valence-electron chi connectivity index (χ4n) is 3.29. The number of aryl methyl sites for hydroxylation is 1. The van der Waals surface area contributed by atoms with E-state index in [9.17, 15) is 18.8 Å². The van der Waals surface area contributed by atoms with E-state index in [0.29, 0.717) is 29.7 Å².